The van der Waals surface area contributed by atoms with E-state index in [0.29, 0.717) is 24.4 Å². The van der Waals surface area contributed by atoms with Crippen molar-refractivity contribution >= 4 is 5.91 Å². The number of piperidine rings is 1. The van der Waals surface area contributed by atoms with E-state index in [1.807, 2.05) is 0 Å². The van der Waals surface area contributed by atoms with Crippen LogP contribution in [0.25, 0.3) is 0 Å². The van der Waals surface area contributed by atoms with E-state index in [0.717, 1.165) is 19.5 Å². The van der Waals surface area contributed by atoms with Crippen molar-refractivity contribution in [1.82, 2.24) is 10.2 Å². The minimum Gasteiger partial charge on any atom is -0.340 e. The number of carbonyl (C=O) groups is 1. The van der Waals surface area contributed by atoms with Crippen LogP contribution < -0.4 is 5.32 Å². The maximum Gasteiger partial charge on any atom is 0.224 e. The molecule has 1 unspecified atom stereocenters. The van der Waals surface area contributed by atoms with Crippen LogP contribution in [-0.4, -0.2) is 36.0 Å². The van der Waals surface area contributed by atoms with Gasteiger partial charge in [0.2, 0.25) is 5.91 Å². The molecule has 1 amide bonds. The first kappa shape index (κ1) is 13.5. The average Bonchev–Trinajstić information content (AvgIpc) is 2.28. The van der Waals surface area contributed by atoms with Gasteiger partial charge >= 0.3 is 0 Å². The second kappa shape index (κ2) is 6.89. The van der Waals surface area contributed by atoms with E-state index >= 15 is 0 Å². The van der Waals surface area contributed by atoms with Crippen molar-refractivity contribution in [2.24, 2.45) is 0 Å². The summed E-state index contributed by atoms with van der Waals surface area (Å²) in [5.74, 6) is 0.333. The molecule has 0 aromatic heterocycles. The van der Waals surface area contributed by atoms with Crippen molar-refractivity contribution in [3.63, 3.8) is 0 Å². The molecule has 0 spiro atoms. The normalized spacial score (nSPS) is 21.5. The predicted molar refractivity (Wildman–Crippen MR) is 67.4 cm³/mol. The Hall–Kier alpha value is -0.570. The van der Waals surface area contributed by atoms with Crippen LogP contribution >= 0.6 is 0 Å². The van der Waals surface area contributed by atoms with Gasteiger partial charge in [-0.1, -0.05) is 20.8 Å². The molecule has 1 atom stereocenters. The monoisotopic (exact) mass is 226 g/mol. The molecule has 1 aliphatic rings. The number of likely N-dealkylation sites (tertiary alicyclic amines) is 1. The fraction of sp³-hybridized carbons (Fsp3) is 0.923. The molecular formula is C13H26N2O. The van der Waals surface area contributed by atoms with Gasteiger partial charge < -0.3 is 10.2 Å². The van der Waals surface area contributed by atoms with E-state index in [9.17, 15) is 4.79 Å². The largest absolute Gasteiger partial charge is 0.340 e. The molecule has 0 aromatic rings. The number of hydrogen-bond acceptors (Lipinski definition) is 2. The molecule has 1 saturated heterocycles. The third-order valence-corrected chi connectivity index (χ3v) is 3.31. The molecule has 1 aliphatic heterocycles. The first-order valence-electron chi connectivity index (χ1n) is 6.68. The van der Waals surface area contributed by atoms with Gasteiger partial charge in [-0.15, -0.1) is 0 Å². The van der Waals surface area contributed by atoms with E-state index in [4.69, 9.17) is 0 Å². The van der Waals surface area contributed by atoms with Gasteiger partial charge in [0.1, 0.15) is 0 Å². The molecule has 94 valence electrons. The fourth-order valence-electron chi connectivity index (χ4n) is 2.36. The second-order valence-electron chi connectivity index (χ2n) is 5.00. The maximum absolute atomic E-state index is 12.0. The SMILES string of the molecule is CCC1CCCCN1C(=O)CCNC(C)C. The summed E-state index contributed by atoms with van der Waals surface area (Å²) < 4.78 is 0. The van der Waals surface area contributed by atoms with E-state index in [1.54, 1.807) is 0 Å². The van der Waals surface area contributed by atoms with Gasteiger partial charge in [0.15, 0.2) is 0 Å². The minimum atomic E-state index is 0.333. The molecule has 0 aliphatic carbocycles. The van der Waals surface area contributed by atoms with Gasteiger partial charge in [0.05, 0.1) is 0 Å². The first-order valence-corrected chi connectivity index (χ1v) is 6.68. The Balaban J connectivity index is 2.33. The Bertz CT molecular complexity index is 216. The number of amides is 1. The van der Waals surface area contributed by atoms with Crippen molar-refractivity contribution in [1.29, 1.82) is 0 Å². The van der Waals surface area contributed by atoms with Crippen molar-refractivity contribution in [3.05, 3.63) is 0 Å². The molecule has 1 heterocycles. The van der Waals surface area contributed by atoms with E-state index in [2.05, 4.69) is 31.0 Å². The van der Waals surface area contributed by atoms with Gasteiger partial charge in [-0.2, -0.15) is 0 Å². The summed E-state index contributed by atoms with van der Waals surface area (Å²) in [5.41, 5.74) is 0. The van der Waals surface area contributed by atoms with Crippen LogP contribution in [0.1, 0.15) is 52.9 Å². The summed E-state index contributed by atoms with van der Waals surface area (Å²) in [4.78, 5) is 14.1. The van der Waals surface area contributed by atoms with Gasteiger partial charge in [-0.3, -0.25) is 4.79 Å². The van der Waals surface area contributed by atoms with Crippen LogP contribution in [0.4, 0.5) is 0 Å². The summed E-state index contributed by atoms with van der Waals surface area (Å²) in [6, 6.07) is 0.969. The number of hydrogen-bond donors (Lipinski definition) is 1. The smallest absolute Gasteiger partial charge is 0.224 e. The van der Waals surface area contributed by atoms with Crippen LogP contribution in [0.15, 0.2) is 0 Å². The second-order valence-corrected chi connectivity index (χ2v) is 5.00. The van der Waals surface area contributed by atoms with E-state index < -0.39 is 0 Å². The molecule has 1 N–H and O–H groups in total. The summed E-state index contributed by atoms with van der Waals surface area (Å²) in [7, 11) is 0. The number of nitrogens with zero attached hydrogens (tertiary/aromatic N) is 1. The molecule has 3 heteroatoms. The lowest BCUT2D eigenvalue weighted by Gasteiger charge is -2.35. The highest BCUT2D eigenvalue weighted by Gasteiger charge is 2.24. The highest BCUT2D eigenvalue weighted by atomic mass is 16.2. The van der Waals surface area contributed by atoms with Crippen LogP contribution in [0.2, 0.25) is 0 Å². The minimum absolute atomic E-state index is 0.333. The zero-order chi connectivity index (χ0) is 12.0. The Morgan fingerprint density at radius 2 is 2.19 bits per heavy atom. The van der Waals surface area contributed by atoms with Crippen molar-refractivity contribution in [3.8, 4) is 0 Å². The van der Waals surface area contributed by atoms with E-state index in [-0.39, 0.29) is 0 Å². The maximum atomic E-state index is 12.0. The van der Waals surface area contributed by atoms with Gasteiger partial charge in [0.25, 0.3) is 0 Å². The zero-order valence-corrected chi connectivity index (χ0v) is 11.0. The third-order valence-electron chi connectivity index (χ3n) is 3.31. The van der Waals surface area contributed by atoms with Crippen molar-refractivity contribution in [2.45, 2.75) is 65.0 Å². The Morgan fingerprint density at radius 3 is 2.81 bits per heavy atom. The molecule has 1 rings (SSSR count). The first-order chi connectivity index (χ1) is 7.65. The highest BCUT2D eigenvalue weighted by molar-refractivity contribution is 5.76. The third kappa shape index (κ3) is 4.12. The lowest BCUT2D eigenvalue weighted by molar-refractivity contribution is -0.134. The Morgan fingerprint density at radius 1 is 1.44 bits per heavy atom. The summed E-state index contributed by atoms with van der Waals surface area (Å²) >= 11 is 0. The summed E-state index contributed by atoms with van der Waals surface area (Å²) in [6.07, 6.45) is 5.41. The quantitative estimate of drug-likeness (QED) is 0.779. The van der Waals surface area contributed by atoms with E-state index in [1.165, 1.54) is 19.3 Å². The molecule has 16 heavy (non-hydrogen) atoms. The number of carbonyl (C=O) groups excluding carboxylic acids is 1. The molecule has 0 bridgehead atoms. The number of rotatable bonds is 5. The Kier molecular flexibility index (Phi) is 5.81. The number of nitrogens with one attached hydrogen (secondary N) is 1. The predicted octanol–water partition coefficient (Wildman–Crippen LogP) is 2.17. The lowest BCUT2D eigenvalue weighted by atomic mass is 9.99. The zero-order valence-electron chi connectivity index (χ0n) is 11.0. The van der Waals surface area contributed by atoms with Crippen LogP contribution in [0, 0.1) is 0 Å². The Labute approximate surface area is 99.6 Å². The molecule has 0 aromatic carbocycles. The lowest BCUT2D eigenvalue weighted by Crippen LogP contribution is -2.44. The molecule has 3 nitrogen and oxygen atoms in total. The van der Waals surface area contributed by atoms with Crippen molar-refractivity contribution < 1.29 is 4.79 Å². The highest BCUT2D eigenvalue weighted by Crippen LogP contribution is 2.19. The van der Waals surface area contributed by atoms with Gasteiger partial charge in [-0.05, 0) is 25.7 Å². The van der Waals surface area contributed by atoms with Crippen LogP contribution in [-0.2, 0) is 4.79 Å². The molecule has 0 saturated carbocycles. The van der Waals surface area contributed by atoms with Gasteiger partial charge in [0, 0.05) is 31.6 Å². The average molecular weight is 226 g/mol. The van der Waals surface area contributed by atoms with Gasteiger partial charge in [-0.25, -0.2) is 0 Å². The summed E-state index contributed by atoms with van der Waals surface area (Å²) in [5, 5.41) is 3.30. The molecular weight excluding hydrogens is 200 g/mol. The standard InChI is InChI=1S/C13H26N2O/c1-4-12-7-5-6-10-15(12)13(16)8-9-14-11(2)3/h11-12,14H,4-10H2,1-3H3. The van der Waals surface area contributed by atoms with Crippen molar-refractivity contribution in [2.75, 3.05) is 13.1 Å². The summed E-state index contributed by atoms with van der Waals surface area (Å²) in [6.45, 7) is 8.19. The molecule has 0 radical (unpaired) electrons. The topological polar surface area (TPSA) is 32.3 Å². The fourth-order valence-corrected chi connectivity index (χ4v) is 2.36. The molecule has 1 fully saturated rings. The van der Waals surface area contributed by atoms with Crippen LogP contribution in [0.3, 0.4) is 0 Å². The van der Waals surface area contributed by atoms with Crippen LogP contribution in [0.5, 0.6) is 0 Å².